The van der Waals surface area contributed by atoms with Gasteiger partial charge in [0.05, 0.1) is 11.6 Å². The molecule has 3 rings (SSSR count). The van der Waals surface area contributed by atoms with Crippen LogP contribution in [0.3, 0.4) is 0 Å². The van der Waals surface area contributed by atoms with Crippen molar-refractivity contribution in [3.63, 3.8) is 0 Å². The quantitative estimate of drug-likeness (QED) is 0.908. The Morgan fingerprint density at radius 1 is 1.24 bits per heavy atom. The monoisotopic (exact) mass is 303 g/mol. The summed E-state index contributed by atoms with van der Waals surface area (Å²) in [6.45, 7) is 4.35. The van der Waals surface area contributed by atoms with Gasteiger partial charge in [0.1, 0.15) is 0 Å². The summed E-state index contributed by atoms with van der Waals surface area (Å²) in [4.78, 5) is 2.46. The molecule has 1 N–H and O–H groups in total. The third-order valence-corrected chi connectivity index (χ3v) is 4.91. The largest absolute Gasteiger partial charge is 0.314 e. The van der Waals surface area contributed by atoms with E-state index in [2.05, 4.69) is 16.3 Å². The second-order valence-electron chi connectivity index (χ2n) is 6.32. The molecule has 0 bridgehead atoms. The summed E-state index contributed by atoms with van der Waals surface area (Å²) in [6.07, 6.45) is 5.29. The summed E-state index contributed by atoms with van der Waals surface area (Å²) in [7, 11) is 0. The van der Waals surface area contributed by atoms with Crippen LogP contribution in [0.5, 0.6) is 0 Å². The lowest BCUT2D eigenvalue weighted by molar-refractivity contribution is 0.190. The van der Waals surface area contributed by atoms with Gasteiger partial charge in [0, 0.05) is 17.6 Å². The predicted octanol–water partition coefficient (Wildman–Crippen LogP) is 3.18. The Bertz CT molecular complexity index is 525. The SMILES string of the molecule is N#Cc1ccc(CN2CCC(NCC3CC3)CC2)c(Cl)c1. The van der Waals surface area contributed by atoms with Gasteiger partial charge in [0.2, 0.25) is 0 Å². The zero-order valence-electron chi connectivity index (χ0n) is 12.3. The van der Waals surface area contributed by atoms with Gasteiger partial charge in [0.25, 0.3) is 0 Å². The Balaban J connectivity index is 1.47. The predicted molar refractivity (Wildman–Crippen MR) is 85.2 cm³/mol. The maximum absolute atomic E-state index is 8.87. The fraction of sp³-hybridized carbons (Fsp3) is 0.588. The molecule has 0 unspecified atom stereocenters. The first-order valence-electron chi connectivity index (χ1n) is 7.89. The smallest absolute Gasteiger partial charge is 0.0992 e. The average Bonchev–Trinajstić information content (AvgIpc) is 3.33. The highest BCUT2D eigenvalue weighted by molar-refractivity contribution is 6.31. The Hall–Kier alpha value is -1.08. The number of piperidine rings is 1. The van der Waals surface area contributed by atoms with Crippen molar-refractivity contribution in [1.82, 2.24) is 10.2 Å². The molecular formula is C17H22ClN3. The summed E-state index contributed by atoms with van der Waals surface area (Å²) in [5.74, 6) is 0.959. The maximum Gasteiger partial charge on any atom is 0.0992 e. The Morgan fingerprint density at radius 2 is 2.00 bits per heavy atom. The van der Waals surface area contributed by atoms with Crippen LogP contribution in [0.25, 0.3) is 0 Å². The first-order valence-corrected chi connectivity index (χ1v) is 8.26. The van der Waals surface area contributed by atoms with Crippen molar-refractivity contribution >= 4 is 11.6 Å². The number of likely N-dealkylation sites (tertiary alicyclic amines) is 1. The van der Waals surface area contributed by atoms with Gasteiger partial charge in [0.15, 0.2) is 0 Å². The van der Waals surface area contributed by atoms with E-state index in [1.54, 1.807) is 6.07 Å². The van der Waals surface area contributed by atoms with Gasteiger partial charge in [-0.3, -0.25) is 4.90 Å². The summed E-state index contributed by atoms with van der Waals surface area (Å²) < 4.78 is 0. The molecule has 1 saturated carbocycles. The van der Waals surface area contributed by atoms with Crippen molar-refractivity contribution < 1.29 is 0 Å². The van der Waals surface area contributed by atoms with E-state index >= 15 is 0 Å². The molecule has 1 aliphatic carbocycles. The Morgan fingerprint density at radius 3 is 2.62 bits per heavy atom. The minimum absolute atomic E-state index is 0.631. The van der Waals surface area contributed by atoms with E-state index in [0.717, 1.165) is 31.1 Å². The molecule has 1 saturated heterocycles. The molecule has 4 heteroatoms. The van der Waals surface area contributed by atoms with E-state index < -0.39 is 0 Å². The molecule has 2 fully saturated rings. The molecule has 1 aromatic carbocycles. The van der Waals surface area contributed by atoms with Gasteiger partial charge in [-0.1, -0.05) is 17.7 Å². The molecule has 0 atom stereocenters. The molecular weight excluding hydrogens is 282 g/mol. The first kappa shape index (κ1) is 14.8. The number of benzene rings is 1. The Kier molecular flexibility index (Phi) is 4.80. The summed E-state index contributed by atoms with van der Waals surface area (Å²) >= 11 is 6.26. The van der Waals surface area contributed by atoms with Crippen molar-refractivity contribution in [2.24, 2.45) is 5.92 Å². The highest BCUT2D eigenvalue weighted by Crippen LogP contribution is 2.28. The molecule has 3 nitrogen and oxygen atoms in total. The standard InChI is InChI=1S/C17H22ClN3/c18-17-9-14(10-19)3-4-15(17)12-21-7-5-16(6-8-21)20-11-13-1-2-13/h3-4,9,13,16,20H,1-2,5-8,11-12H2. The normalized spacial score (nSPS) is 20.4. The molecule has 112 valence electrons. The number of hydrogen-bond donors (Lipinski definition) is 1. The third kappa shape index (κ3) is 4.20. The van der Waals surface area contributed by atoms with Gasteiger partial charge in [-0.05, 0) is 68.9 Å². The van der Waals surface area contributed by atoms with Crippen LogP contribution in [0, 0.1) is 17.2 Å². The third-order valence-electron chi connectivity index (χ3n) is 4.56. The van der Waals surface area contributed by atoms with Crippen LogP contribution >= 0.6 is 11.6 Å². The lowest BCUT2D eigenvalue weighted by Gasteiger charge is -2.32. The fourth-order valence-electron chi connectivity index (χ4n) is 2.94. The van der Waals surface area contributed by atoms with E-state index in [4.69, 9.17) is 16.9 Å². The van der Waals surface area contributed by atoms with Crippen LogP contribution in [0.2, 0.25) is 5.02 Å². The second-order valence-corrected chi connectivity index (χ2v) is 6.73. The van der Waals surface area contributed by atoms with Crippen LogP contribution < -0.4 is 5.32 Å². The topological polar surface area (TPSA) is 39.1 Å². The van der Waals surface area contributed by atoms with Gasteiger partial charge in [-0.25, -0.2) is 0 Å². The van der Waals surface area contributed by atoms with Gasteiger partial charge < -0.3 is 5.32 Å². The molecule has 1 aromatic rings. The Labute approximate surface area is 131 Å². The molecule has 0 aromatic heterocycles. The molecule has 1 aliphatic heterocycles. The van der Waals surface area contributed by atoms with Crippen LogP contribution in [0.15, 0.2) is 18.2 Å². The number of nitrogens with one attached hydrogen (secondary N) is 1. The number of rotatable bonds is 5. The van der Waals surface area contributed by atoms with Crippen molar-refractivity contribution in [3.8, 4) is 6.07 Å². The molecule has 0 spiro atoms. The summed E-state index contributed by atoms with van der Waals surface area (Å²) in [5, 5.41) is 13.3. The highest BCUT2D eigenvalue weighted by Gasteiger charge is 2.24. The van der Waals surface area contributed by atoms with Crippen molar-refractivity contribution in [3.05, 3.63) is 34.3 Å². The number of halogens is 1. The molecule has 0 radical (unpaired) electrons. The van der Waals surface area contributed by atoms with Crippen molar-refractivity contribution in [2.45, 2.75) is 38.3 Å². The van der Waals surface area contributed by atoms with E-state index in [1.165, 1.54) is 32.2 Å². The molecule has 0 amide bonds. The van der Waals surface area contributed by atoms with E-state index in [0.29, 0.717) is 16.6 Å². The van der Waals surface area contributed by atoms with Gasteiger partial charge in [-0.15, -0.1) is 0 Å². The highest BCUT2D eigenvalue weighted by atomic mass is 35.5. The van der Waals surface area contributed by atoms with Crippen molar-refractivity contribution in [2.75, 3.05) is 19.6 Å². The number of hydrogen-bond acceptors (Lipinski definition) is 3. The lowest BCUT2D eigenvalue weighted by Crippen LogP contribution is -2.42. The van der Waals surface area contributed by atoms with Crippen LogP contribution in [0.1, 0.15) is 36.8 Å². The molecule has 1 heterocycles. The minimum atomic E-state index is 0.631. The lowest BCUT2D eigenvalue weighted by atomic mass is 10.0. The molecule has 21 heavy (non-hydrogen) atoms. The van der Waals surface area contributed by atoms with Crippen molar-refractivity contribution in [1.29, 1.82) is 5.26 Å². The van der Waals surface area contributed by atoms with Crippen LogP contribution in [0.4, 0.5) is 0 Å². The van der Waals surface area contributed by atoms with Gasteiger partial charge in [-0.2, -0.15) is 5.26 Å². The number of nitrogens with zero attached hydrogens (tertiary/aromatic N) is 2. The van der Waals surface area contributed by atoms with Crippen LogP contribution in [-0.4, -0.2) is 30.6 Å². The average molecular weight is 304 g/mol. The van der Waals surface area contributed by atoms with E-state index in [9.17, 15) is 0 Å². The zero-order valence-corrected chi connectivity index (χ0v) is 13.1. The zero-order chi connectivity index (χ0) is 14.7. The number of nitriles is 1. The first-order chi connectivity index (χ1) is 10.2. The van der Waals surface area contributed by atoms with Crippen LogP contribution in [-0.2, 0) is 6.54 Å². The summed E-state index contributed by atoms with van der Waals surface area (Å²) in [6, 6.07) is 8.42. The summed E-state index contributed by atoms with van der Waals surface area (Å²) in [5.41, 5.74) is 1.76. The molecule has 2 aliphatic rings. The van der Waals surface area contributed by atoms with E-state index in [-0.39, 0.29) is 0 Å². The maximum atomic E-state index is 8.87. The van der Waals surface area contributed by atoms with Gasteiger partial charge >= 0.3 is 0 Å². The van der Waals surface area contributed by atoms with E-state index in [1.807, 2.05) is 12.1 Å². The fourth-order valence-corrected chi connectivity index (χ4v) is 3.18. The second kappa shape index (κ2) is 6.79. The minimum Gasteiger partial charge on any atom is -0.314 e.